The van der Waals surface area contributed by atoms with E-state index in [4.69, 9.17) is 0 Å². The number of nitrogens with one attached hydrogen (secondary N) is 2. The van der Waals surface area contributed by atoms with Crippen molar-refractivity contribution in [1.29, 1.82) is 0 Å². The van der Waals surface area contributed by atoms with Crippen LogP contribution in [0.3, 0.4) is 0 Å². The maximum absolute atomic E-state index is 12.0. The molecule has 1 amide bonds. The number of amides is 1. The maximum atomic E-state index is 12.0. The highest BCUT2D eigenvalue weighted by Gasteiger charge is 2.19. The molecule has 27 heavy (non-hydrogen) atoms. The molecule has 1 aliphatic heterocycles. The highest BCUT2D eigenvalue weighted by atomic mass is 32.1. The van der Waals surface area contributed by atoms with Crippen LogP contribution in [0.2, 0.25) is 0 Å². The number of carbonyl (C=O) groups is 1. The minimum absolute atomic E-state index is 0.233. The van der Waals surface area contributed by atoms with Gasteiger partial charge in [0.25, 0.3) is 0 Å². The van der Waals surface area contributed by atoms with Crippen molar-refractivity contribution in [3.63, 3.8) is 0 Å². The van der Waals surface area contributed by atoms with Gasteiger partial charge in [-0.3, -0.25) is 9.79 Å². The lowest BCUT2D eigenvalue weighted by Crippen LogP contribution is -2.38. The highest BCUT2D eigenvalue weighted by molar-refractivity contribution is 7.10. The average Bonchev–Trinajstić information content (AvgIpc) is 3.24. The first kappa shape index (κ1) is 19.4. The van der Waals surface area contributed by atoms with Gasteiger partial charge in [-0.15, -0.1) is 11.3 Å². The Bertz CT molecular complexity index is 755. The zero-order valence-electron chi connectivity index (χ0n) is 16.1. The van der Waals surface area contributed by atoms with Gasteiger partial charge in [0.05, 0.1) is 0 Å². The number of carbonyl (C=O) groups excluding carboxylic acids is 1. The first-order valence-electron chi connectivity index (χ1n) is 9.54. The number of hydrogen-bond donors (Lipinski definition) is 2. The fraction of sp³-hybridized carbons (Fsp3) is 0.429. The third-order valence-corrected chi connectivity index (χ3v) is 5.96. The number of aliphatic imine (C=N–C) groups is 1. The predicted molar refractivity (Wildman–Crippen MR) is 114 cm³/mol. The van der Waals surface area contributed by atoms with Crippen molar-refractivity contribution in [2.75, 3.05) is 25.0 Å². The van der Waals surface area contributed by atoms with Gasteiger partial charge in [-0.05, 0) is 42.0 Å². The van der Waals surface area contributed by atoms with Crippen molar-refractivity contribution >= 4 is 28.9 Å². The van der Waals surface area contributed by atoms with Gasteiger partial charge in [-0.2, -0.15) is 0 Å². The summed E-state index contributed by atoms with van der Waals surface area (Å²) in [5, 5.41) is 8.86. The Hall–Kier alpha value is -2.34. The number of piperidine rings is 1. The number of rotatable bonds is 6. The Labute approximate surface area is 165 Å². The number of hydrogen-bond acceptors (Lipinski definition) is 3. The fourth-order valence-corrected chi connectivity index (χ4v) is 3.99. The van der Waals surface area contributed by atoms with E-state index in [9.17, 15) is 4.79 Å². The van der Waals surface area contributed by atoms with Crippen LogP contribution in [0.1, 0.15) is 42.5 Å². The smallest absolute Gasteiger partial charge is 0.226 e. The summed E-state index contributed by atoms with van der Waals surface area (Å²) in [6.45, 7) is 4.58. The molecule has 1 aromatic carbocycles. The fourth-order valence-electron chi connectivity index (χ4n) is 3.20. The maximum Gasteiger partial charge on any atom is 0.226 e. The molecule has 0 aliphatic carbocycles. The molecule has 2 N–H and O–H groups in total. The lowest BCUT2D eigenvalue weighted by Gasteiger charge is -2.26. The van der Waals surface area contributed by atoms with Crippen LogP contribution in [0, 0.1) is 0 Å². The van der Waals surface area contributed by atoms with E-state index in [1.807, 2.05) is 17.0 Å². The van der Waals surface area contributed by atoms with E-state index in [-0.39, 0.29) is 5.91 Å². The van der Waals surface area contributed by atoms with E-state index in [0.717, 1.165) is 43.1 Å². The van der Waals surface area contributed by atoms with Crippen LogP contribution < -0.4 is 15.5 Å². The van der Waals surface area contributed by atoms with Gasteiger partial charge in [0.15, 0.2) is 5.96 Å². The first-order valence-corrected chi connectivity index (χ1v) is 10.4. The number of thiophene rings is 1. The Morgan fingerprint density at radius 3 is 2.70 bits per heavy atom. The molecule has 6 heteroatoms. The Kier molecular flexibility index (Phi) is 6.87. The normalized spacial score (nSPS) is 16.3. The second-order valence-corrected chi connectivity index (χ2v) is 7.87. The second-order valence-electron chi connectivity index (χ2n) is 6.89. The predicted octanol–water partition coefficient (Wildman–Crippen LogP) is 3.73. The molecular weight excluding hydrogens is 356 g/mol. The van der Waals surface area contributed by atoms with Crippen LogP contribution in [0.25, 0.3) is 0 Å². The molecule has 1 fully saturated rings. The summed E-state index contributed by atoms with van der Waals surface area (Å²) in [4.78, 5) is 19.6. The summed E-state index contributed by atoms with van der Waals surface area (Å²) < 4.78 is 0. The molecule has 1 saturated heterocycles. The van der Waals surface area contributed by atoms with Gasteiger partial charge in [0.2, 0.25) is 5.91 Å². The van der Waals surface area contributed by atoms with Crippen LogP contribution in [-0.2, 0) is 11.3 Å². The molecule has 0 spiro atoms. The van der Waals surface area contributed by atoms with Crippen LogP contribution >= 0.6 is 11.3 Å². The number of guanidine groups is 1. The molecule has 1 aromatic heterocycles. The minimum Gasteiger partial charge on any atom is -0.356 e. The van der Waals surface area contributed by atoms with Gasteiger partial charge in [0, 0.05) is 49.6 Å². The Balaban J connectivity index is 1.48. The molecule has 2 aromatic rings. The van der Waals surface area contributed by atoms with Crippen LogP contribution in [0.15, 0.2) is 46.8 Å². The van der Waals surface area contributed by atoms with Crippen molar-refractivity contribution in [1.82, 2.24) is 10.6 Å². The second kappa shape index (κ2) is 9.55. The Morgan fingerprint density at radius 1 is 1.22 bits per heavy atom. The summed E-state index contributed by atoms with van der Waals surface area (Å²) in [5.41, 5.74) is 2.16. The van der Waals surface area contributed by atoms with Crippen LogP contribution in [-0.4, -0.2) is 32.0 Å². The summed E-state index contributed by atoms with van der Waals surface area (Å²) >= 11 is 1.79. The third kappa shape index (κ3) is 5.32. The highest BCUT2D eigenvalue weighted by Crippen LogP contribution is 2.21. The lowest BCUT2D eigenvalue weighted by atomic mass is 10.1. The van der Waals surface area contributed by atoms with E-state index in [1.165, 1.54) is 4.88 Å². The van der Waals surface area contributed by atoms with E-state index in [0.29, 0.717) is 18.9 Å². The average molecular weight is 385 g/mol. The van der Waals surface area contributed by atoms with Gasteiger partial charge >= 0.3 is 0 Å². The summed E-state index contributed by atoms with van der Waals surface area (Å²) in [6.07, 6.45) is 2.75. The molecule has 3 rings (SSSR count). The minimum atomic E-state index is 0.233. The molecular formula is C21H28N4OS. The van der Waals surface area contributed by atoms with Gasteiger partial charge < -0.3 is 15.5 Å². The summed E-state index contributed by atoms with van der Waals surface area (Å²) in [6, 6.07) is 12.5. The van der Waals surface area contributed by atoms with Crippen molar-refractivity contribution in [2.24, 2.45) is 4.99 Å². The van der Waals surface area contributed by atoms with Crippen molar-refractivity contribution in [2.45, 2.75) is 38.6 Å². The molecule has 2 heterocycles. The van der Waals surface area contributed by atoms with Crippen LogP contribution in [0.4, 0.5) is 5.69 Å². The topological polar surface area (TPSA) is 56.7 Å². The van der Waals surface area contributed by atoms with E-state index in [2.05, 4.69) is 52.2 Å². The van der Waals surface area contributed by atoms with Crippen LogP contribution in [0.5, 0.6) is 0 Å². The number of anilines is 1. The molecule has 1 unspecified atom stereocenters. The number of nitrogens with zero attached hydrogens (tertiary/aromatic N) is 2. The van der Waals surface area contributed by atoms with E-state index >= 15 is 0 Å². The van der Waals surface area contributed by atoms with E-state index < -0.39 is 0 Å². The molecule has 1 atom stereocenters. The van der Waals surface area contributed by atoms with Gasteiger partial charge in [0.1, 0.15) is 0 Å². The SMILES string of the molecule is CN=C(NCc1ccc(N2CCCCC2=O)cc1)NCC(C)c1cccs1. The molecule has 5 nitrogen and oxygen atoms in total. The monoisotopic (exact) mass is 384 g/mol. The first-order chi connectivity index (χ1) is 13.2. The molecule has 0 saturated carbocycles. The number of benzene rings is 1. The van der Waals surface area contributed by atoms with Gasteiger partial charge in [-0.1, -0.05) is 25.1 Å². The zero-order chi connectivity index (χ0) is 19.1. The van der Waals surface area contributed by atoms with Crippen molar-refractivity contribution < 1.29 is 4.79 Å². The third-order valence-electron chi connectivity index (χ3n) is 4.86. The zero-order valence-corrected chi connectivity index (χ0v) is 16.9. The van der Waals surface area contributed by atoms with Gasteiger partial charge in [-0.25, -0.2) is 0 Å². The van der Waals surface area contributed by atoms with Crippen molar-refractivity contribution in [3.05, 3.63) is 52.2 Å². The largest absolute Gasteiger partial charge is 0.356 e. The van der Waals surface area contributed by atoms with E-state index in [1.54, 1.807) is 18.4 Å². The summed E-state index contributed by atoms with van der Waals surface area (Å²) in [7, 11) is 1.79. The standard InChI is InChI=1S/C21H28N4OS/c1-16(19-6-5-13-27-19)14-23-21(22-2)24-15-17-8-10-18(11-9-17)25-12-4-3-7-20(25)26/h5-6,8-11,13,16H,3-4,7,12,14-15H2,1-2H3,(H2,22,23,24). The summed E-state index contributed by atoms with van der Waals surface area (Å²) in [5.74, 6) is 1.48. The van der Waals surface area contributed by atoms with Crippen molar-refractivity contribution in [3.8, 4) is 0 Å². The molecule has 0 bridgehead atoms. The Morgan fingerprint density at radius 2 is 2.04 bits per heavy atom. The quantitative estimate of drug-likeness (QED) is 0.589. The molecule has 0 radical (unpaired) electrons. The lowest BCUT2D eigenvalue weighted by molar-refractivity contribution is -0.119. The molecule has 1 aliphatic rings. The molecule has 144 valence electrons.